The van der Waals surface area contributed by atoms with E-state index in [-0.39, 0.29) is 31.0 Å². The summed E-state index contributed by atoms with van der Waals surface area (Å²) in [5, 5.41) is 0. The molecule has 0 aliphatic carbocycles. The Morgan fingerprint density at radius 3 is 2.27 bits per heavy atom. The van der Waals surface area contributed by atoms with Crippen molar-refractivity contribution in [3.8, 4) is 0 Å². The van der Waals surface area contributed by atoms with Crippen LogP contribution >= 0.6 is 0 Å². The molecule has 0 unspecified atom stereocenters. The van der Waals surface area contributed by atoms with Crippen LogP contribution in [0, 0.1) is 13.3 Å². The number of ether oxygens (including phenoxy) is 1. The van der Waals surface area contributed by atoms with E-state index in [0.717, 1.165) is 0 Å². The van der Waals surface area contributed by atoms with E-state index in [4.69, 9.17) is 4.74 Å². The average Bonchev–Trinajstić information content (AvgIpc) is 1.95. The van der Waals surface area contributed by atoms with Gasteiger partial charge in [-0.2, -0.15) is 6.92 Å². The van der Waals surface area contributed by atoms with Crippen molar-refractivity contribution in [2.24, 2.45) is 0 Å². The van der Waals surface area contributed by atoms with Gasteiger partial charge in [0.1, 0.15) is 5.60 Å². The van der Waals surface area contributed by atoms with Crippen molar-refractivity contribution in [1.82, 2.24) is 4.90 Å². The van der Waals surface area contributed by atoms with Crippen molar-refractivity contribution in [3.05, 3.63) is 13.3 Å². The van der Waals surface area contributed by atoms with Gasteiger partial charge >= 0.3 is 25.0 Å². The first-order valence-corrected chi connectivity index (χ1v) is 4.88. The summed E-state index contributed by atoms with van der Waals surface area (Å²) in [6, 6.07) is -0.0824. The monoisotopic (exact) mass is 206 g/mol. The maximum absolute atomic E-state index is 11.6. The van der Waals surface area contributed by atoms with E-state index in [2.05, 4.69) is 6.92 Å². The fourth-order valence-corrected chi connectivity index (χ4v) is 0.952. The number of amides is 1. The summed E-state index contributed by atoms with van der Waals surface area (Å²) in [5.41, 5.74) is -0.446. The minimum atomic E-state index is -0.446. The Labute approximate surface area is 106 Å². The van der Waals surface area contributed by atoms with E-state index in [1.54, 1.807) is 4.90 Å². The van der Waals surface area contributed by atoms with Crippen LogP contribution in [0.4, 0.5) is 4.79 Å². The van der Waals surface area contributed by atoms with E-state index in [0.29, 0.717) is 6.54 Å². The molecule has 0 bridgehead atoms. The molecule has 84 valence electrons. The van der Waals surface area contributed by atoms with Gasteiger partial charge in [0.15, 0.2) is 0 Å². The average molecular weight is 206 g/mol. The van der Waals surface area contributed by atoms with Crippen molar-refractivity contribution < 1.29 is 28.4 Å². The van der Waals surface area contributed by atoms with E-state index in [1.807, 2.05) is 41.0 Å². The maximum atomic E-state index is 11.6. The third kappa shape index (κ3) is 7.76. The van der Waals surface area contributed by atoms with Gasteiger partial charge in [-0.15, -0.1) is 6.54 Å². The van der Waals surface area contributed by atoms with Gasteiger partial charge in [0.05, 0.1) is 0 Å². The standard InChI is InChI=1S/C11H21NO2.Li/c1-7-8-12(9(2)3)10(13)14-11(4,5)6;/h7,9H,2,8H2,1,3-6H3;/q-2;+1/t9-;/m0./s1. The van der Waals surface area contributed by atoms with Crippen LogP contribution in [0.2, 0.25) is 0 Å². The molecule has 0 radical (unpaired) electrons. The molecule has 0 N–H and O–H groups in total. The van der Waals surface area contributed by atoms with Gasteiger partial charge in [0.25, 0.3) is 0 Å². The van der Waals surface area contributed by atoms with Crippen molar-refractivity contribution in [3.63, 3.8) is 0 Å². The molecule has 0 aromatic carbocycles. The minimum absolute atomic E-state index is 0. The third-order valence-electron chi connectivity index (χ3n) is 1.54. The molecule has 0 spiro atoms. The van der Waals surface area contributed by atoms with Crippen LogP contribution in [0.1, 0.15) is 34.6 Å². The molecule has 0 rings (SSSR count). The van der Waals surface area contributed by atoms with Gasteiger partial charge in [-0.05, 0) is 20.8 Å². The van der Waals surface area contributed by atoms with Crippen molar-refractivity contribution in [1.29, 1.82) is 0 Å². The van der Waals surface area contributed by atoms with Crippen molar-refractivity contribution >= 4 is 6.09 Å². The van der Waals surface area contributed by atoms with Gasteiger partial charge in [-0.25, -0.2) is 4.79 Å². The van der Waals surface area contributed by atoms with Crippen LogP contribution < -0.4 is 18.9 Å². The zero-order valence-electron chi connectivity index (χ0n) is 10.8. The number of nitrogens with zero attached hydrogens (tertiary/aromatic N) is 1. The van der Waals surface area contributed by atoms with Crippen LogP contribution in [-0.2, 0) is 4.74 Å². The van der Waals surface area contributed by atoms with Gasteiger partial charge in [-0.3, -0.25) is 0 Å². The van der Waals surface area contributed by atoms with E-state index >= 15 is 0 Å². The SMILES string of the molecule is [CH2-][C@@H](C)N(C[CH-]C)C(=O)OC(C)(C)C.[Li+]. The molecule has 3 nitrogen and oxygen atoms in total. The number of carbonyl (C=O) groups excluding carboxylic acids is 1. The van der Waals surface area contributed by atoms with Crippen LogP contribution in [0.3, 0.4) is 0 Å². The van der Waals surface area contributed by atoms with E-state index in [1.165, 1.54) is 0 Å². The van der Waals surface area contributed by atoms with Crippen molar-refractivity contribution in [2.45, 2.75) is 46.3 Å². The van der Waals surface area contributed by atoms with Crippen LogP contribution in [0.25, 0.3) is 0 Å². The summed E-state index contributed by atoms with van der Waals surface area (Å²) < 4.78 is 5.24. The Hall–Kier alpha value is -0.133. The molecule has 0 saturated carbocycles. The number of rotatable bonds is 3. The smallest absolute Gasteiger partial charge is 0.444 e. The molecule has 15 heavy (non-hydrogen) atoms. The molecule has 0 saturated heterocycles. The second-order valence-corrected chi connectivity index (χ2v) is 4.39. The van der Waals surface area contributed by atoms with Crippen molar-refractivity contribution in [2.75, 3.05) is 6.54 Å². The van der Waals surface area contributed by atoms with Gasteiger partial charge in [0.2, 0.25) is 0 Å². The Bertz CT molecular complexity index is 188. The molecule has 0 fully saturated rings. The van der Waals surface area contributed by atoms with Crippen LogP contribution in [-0.4, -0.2) is 29.2 Å². The van der Waals surface area contributed by atoms with E-state index < -0.39 is 5.60 Å². The number of carbonyl (C=O) groups is 1. The first kappa shape index (κ1) is 17.3. The molecule has 1 atom stereocenters. The van der Waals surface area contributed by atoms with Crippen LogP contribution in [0.5, 0.6) is 0 Å². The fraction of sp³-hybridized carbons (Fsp3) is 0.727. The molecule has 0 aliphatic heterocycles. The Balaban J connectivity index is 0. The normalized spacial score (nSPS) is 12.7. The second-order valence-electron chi connectivity index (χ2n) is 4.39. The van der Waals surface area contributed by atoms with E-state index in [9.17, 15) is 4.79 Å². The first-order valence-electron chi connectivity index (χ1n) is 4.88. The van der Waals surface area contributed by atoms with Crippen LogP contribution in [0.15, 0.2) is 0 Å². The first-order chi connectivity index (χ1) is 6.28. The summed E-state index contributed by atoms with van der Waals surface area (Å²) in [5.74, 6) is 0. The second kappa shape index (κ2) is 7.19. The minimum Gasteiger partial charge on any atom is -0.444 e. The molecular weight excluding hydrogens is 185 g/mol. The van der Waals surface area contributed by atoms with Gasteiger partial charge in [0, 0.05) is 0 Å². The predicted molar refractivity (Wildman–Crippen MR) is 57.7 cm³/mol. The molecule has 0 heterocycles. The summed E-state index contributed by atoms with van der Waals surface area (Å²) >= 11 is 0. The molecule has 0 aromatic heterocycles. The Morgan fingerprint density at radius 2 is 2.00 bits per heavy atom. The zero-order chi connectivity index (χ0) is 11.4. The molecule has 0 aliphatic rings. The summed E-state index contributed by atoms with van der Waals surface area (Å²) in [4.78, 5) is 13.2. The summed E-state index contributed by atoms with van der Waals surface area (Å²) in [6.07, 6.45) is 1.60. The predicted octanol–water partition coefficient (Wildman–Crippen LogP) is -0.326. The zero-order valence-corrected chi connectivity index (χ0v) is 10.8. The Morgan fingerprint density at radius 1 is 1.53 bits per heavy atom. The summed E-state index contributed by atoms with van der Waals surface area (Å²) in [6.45, 7) is 13.7. The maximum Gasteiger partial charge on any atom is 1.00 e. The topological polar surface area (TPSA) is 29.5 Å². The molecule has 1 amide bonds. The molecule has 4 heteroatoms. The number of hydrogen-bond acceptors (Lipinski definition) is 2. The Kier molecular flexibility index (Phi) is 8.28. The van der Waals surface area contributed by atoms with Gasteiger partial charge < -0.3 is 23.0 Å². The summed E-state index contributed by atoms with van der Waals surface area (Å²) in [7, 11) is 0. The third-order valence-corrected chi connectivity index (χ3v) is 1.54. The molecular formula is C11H21LiNO2-. The fourth-order valence-electron chi connectivity index (χ4n) is 0.952. The van der Waals surface area contributed by atoms with Gasteiger partial charge in [-0.1, -0.05) is 13.0 Å². The molecule has 0 aromatic rings. The number of hydrogen-bond donors (Lipinski definition) is 0. The largest absolute Gasteiger partial charge is 1.00 e. The quantitative estimate of drug-likeness (QED) is 0.467.